The van der Waals surface area contributed by atoms with Crippen molar-refractivity contribution in [2.45, 2.75) is 25.8 Å². The highest BCUT2D eigenvalue weighted by Crippen LogP contribution is 2.28. The Kier molecular flexibility index (Phi) is 6.94. The van der Waals surface area contributed by atoms with E-state index >= 15 is 0 Å². The standard InChI is InChI=1S/C18H16Cl4N2O2/c1-18(2,11-16(25)12-6-8-14(19)9-7-12)24(22)23(21)17(26)13-4-3-5-15(20)10-13/h3-10H,11H2,1-2H3. The van der Waals surface area contributed by atoms with E-state index in [2.05, 4.69) is 0 Å². The maximum atomic E-state index is 12.5. The first-order valence-corrected chi connectivity index (χ1v) is 9.05. The van der Waals surface area contributed by atoms with Gasteiger partial charge in [0.15, 0.2) is 5.78 Å². The highest BCUT2D eigenvalue weighted by Gasteiger charge is 2.35. The molecule has 0 spiro atoms. The minimum absolute atomic E-state index is 0.0319. The molecule has 26 heavy (non-hydrogen) atoms. The van der Waals surface area contributed by atoms with Crippen LogP contribution in [0.5, 0.6) is 0 Å². The van der Waals surface area contributed by atoms with Gasteiger partial charge >= 0.3 is 0 Å². The third-order valence-electron chi connectivity index (χ3n) is 3.65. The second-order valence-corrected chi connectivity index (χ2v) is 7.77. The molecule has 0 fully saturated rings. The zero-order valence-corrected chi connectivity index (χ0v) is 17.1. The summed E-state index contributed by atoms with van der Waals surface area (Å²) in [6, 6.07) is 12.9. The minimum atomic E-state index is -0.936. The van der Waals surface area contributed by atoms with Crippen LogP contribution in [-0.4, -0.2) is 26.3 Å². The van der Waals surface area contributed by atoms with Crippen LogP contribution >= 0.6 is 46.8 Å². The first-order chi connectivity index (χ1) is 12.1. The summed E-state index contributed by atoms with van der Waals surface area (Å²) in [7, 11) is 0. The Morgan fingerprint density at radius 3 is 2.12 bits per heavy atom. The molecule has 2 aromatic carbocycles. The van der Waals surface area contributed by atoms with Gasteiger partial charge in [0.2, 0.25) is 0 Å². The maximum absolute atomic E-state index is 12.5. The fourth-order valence-electron chi connectivity index (χ4n) is 2.24. The molecule has 0 atom stereocenters. The van der Waals surface area contributed by atoms with E-state index in [4.69, 9.17) is 46.8 Å². The number of hydrogen-bond donors (Lipinski definition) is 0. The van der Waals surface area contributed by atoms with Gasteiger partial charge in [0.1, 0.15) is 0 Å². The van der Waals surface area contributed by atoms with Crippen molar-refractivity contribution in [2.75, 3.05) is 0 Å². The van der Waals surface area contributed by atoms with Gasteiger partial charge in [-0.2, -0.15) is 4.53 Å². The molecule has 0 aliphatic carbocycles. The fourth-order valence-corrected chi connectivity index (χ4v) is 2.99. The number of nitrogens with zero attached hydrogens (tertiary/aromatic N) is 2. The second kappa shape index (κ2) is 8.59. The highest BCUT2D eigenvalue weighted by molar-refractivity contribution is 6.31. The Balaban J connectivity index is 2.12. The zero-order valence-electron chi connectivity index (χ0n) is 14.0. The average molecular weight is 434 g/mol. The topological polar surface area (TPSA) is 40.6 Å². The molecule has 138 valence electrons. The molecule has 0 aromatic heterocycles. The number of carbonyl (C=O) groups excluding carboxylic acids is 2. The number of hydrogen-bond acceptors (Lipinski definition) is 3. The number of ketones is 1. The van der Waals surface area contributed by atoms with Gasteiger partial charge in [-0.3, -0.25) is 9.59 Å². The lowest BCUT2D eigenvalue weighted by Gasteiger charge is -2.35. The molecule has 0 N–H and O–H groups in total. The minimum Gasteiger partial charge on any atom is -0.294 e. The van der Waals surface area contributed by atoms with E-state index in [9.17, 15) is 9.59 Å². The van der Waals surface area contributed by atoms with Crippen LogP contribution < -0.4 is 0 Å². The lowest BCUT2D eigenvalue weighted by Crippen LogP contribution is -2.48. The van der Waals surface area contributed by atoms with Crippen LogP contribution in [0.2, 0.25) is 10.0 Å². The smallest absolute Gasteiger partial charge is 0.284 e. The Labute approximate surface area is 172 Å². The third kappa shape index (κ3) is 5.12. The van der Waals surface area contributed by atoms with Gasteiger partial charge < -0.3 is 0 Å². The molecule has 1 amide bonds. The summed E-state index contributed by atoms with van der Waals surface area (Å²) in [6.45, 7) is 3.41. The molecule has 2 rings (SSSR count). The molecule has 0 radical (unpaired) electrons. The molecule has 0 unspecified atom stereocenters. The van der Waals surface area contributed by atoms with Crippen LogP contribution in [-0.2, 0) is 0 Å². The third-order valence-corrected chi connectivity index (χ3v) is 5.13. The summed E-state index contributed by atoms with van der Waals surface area (Å²) in [5, 5.41) is 0.943. The van der Waals surface area contributed by atoms with Crippen LogP contribution in [0.3, 0.4) is 0 Å². The average Bonchev–Trinajstić information content (AvgIpc) is 2.60. The van der Waals surface area contributed by atoms with E-state index in [0.29, 0.717) is 15.6 Å². The number of Topliss-reactive ketones (excluding diaryl/α,β-unsaturated/α-hetero) is 1. The maximum Gasteiger partial charge on any atom is 0.284 e. The second-order valence-electron chi connectivity index (χ2n) is 6.25. The number of amides is 1. The van der Waals surface area contributed by atoms with Crippen molar-refractivity contribution in [1.82, 2.24) is 9.06 Å². The van der Waals surface area contributed by atoms with Crippen molar-refractivity contribution in [2.24, 2.45) is 0 Å². The SMILES string of the molecule is CC(C)(CC(=O)c1ccc(Cl)cc1)N(Cl)N(Cl)C(=O)c1cccc(Cl)c1. The van der Waals surface area contributed by atoms with Crippen LogP contribution in [0.1, 0.15) is 41.0 Å². The molecular weight excluding hydrogens is 418 g/mol. The van der Waals surface area contributed by atoms with Gasteiger partial charge in [-0.1, -0.05) is 29.3 Å². The van der Waals surface area contributed by atoms with Gasteiger partial charge in [0.25, 0.3) is 5.91 Å². The Morgan fingerprint density at radius 2 is 1.54 bits per heavy atom. The number of hydrazine groups is 1. The Bertz CT molecular complexity index is 809. The van der Waals surface area contributed by atoms with Crippen molar-refractivity contribution < 1.29 is 9.59 Å². The normalized spacial score (nSPS) is 11.5. The van der Waals surface area contributed by atoms with E-state index < -0.39 is 11.4 Å². The van der Waals surface area contributed by atoms with Crippen molar-refractivity contribution in [3.63, 3.8) is 0 Å². The van der Waals surface area contributed by atoms with Gasteiger partial charge in [0, 0.05) is 51.1 Å². The lowest BCUT2D eigenvalue weighted by atomic mass is 9.95. The summed E-state index contributed by atoms with van der Waals surface area (Å²) in [5.41, 5.74) is -0.165. The van der Waals surface area contributed by atoms with E-state index in [1.54, 1.807) is 56.3 Å². The summed E-state index contributed by atoms with van der Waals surface area (Å²) < 4.78 is 1.74. The molecule has 0 saturated heterocycles. The first kappa shape index (κ1) is 21.0. The van der Waals surface area contributed by atoms with Gasteiger partial charge in [-0.15, -0.1) is 4.53 Å². The fraction of sp³-hybridized carbons (Fsp3) is 0.222. The molecule has 8 heteroatoms. The van der Waals surface area contributed by atoms with E-state index in [-0.39, 0.29) is 17.8 Å². The summed E-state index contributed by atoms with van der Waals surface area (Å²) in [5.74, 6) is -0.714. The van der Waals surface area contributed by atoms with Crippen LogP contribution in [0.15, 0.2) is 48.5 Å². The summed E-state index contributed by atoms with van der Waals surface area (Å²) in [6.07, 6.45) is 0.0319. The Morgan fingerprint density at radius 1 is 0.923 bits per heavy atom. The molecule has 0 saturated carbocycles. The van der Waals surface area contributed by atoms with E-state index in [1.807, 2.05) is 0 Å². The van der Waals surface area contributed by atoms with E-state index in [1.165, 1.54) is 6.07 Å². The van der Waals surface area contributed by atoms with Gasteiger partial charge in [0.05, 0.1) is 5.54 Å². The number of benzene rings is 2. The van der Waals surface area contributed by atoms with Crippen molar-refractivity contribution in [3.8, 4) is 0 Å². The summed E-state index contributed by atoms with van der Waals surface area (Å²) in [4.78, 5) is 25.0. The van der Waals surface area contributed by atoms with Crippen LogP contribution in [0, 0.1) is 0 Å². The van der Waals surface area contributed by atoms with Gasteiger partial charge in [-0.05, 0) is 56.3 Å². The van der Waals surface area contributed by atoms with Crippen LogP contribution in [0.4, 0.5) is 0 Å². The van der Waals surface area contributed by atoms with Crippen molar-refractivity contribution in [1.29, 1.82) is 0 Å². The summed E-state index contributed by atoms with van der Waals surface area (Å²) >= 11 is 24.1. The molecule has 4 nitrogen and oxygen atoms in total. The predicted octanol–water partition coefficient (Wildman–Crippen LogP) is 6.01. The van der Waals surface area contributed by atoms with Crippen LogP contribution in [0.25, 0.3) is 0 Å². The molecule has 0 aliphatic rings. The molecule has 0 heterocycles. The van der Waals surface area contributed by atoms with Crippen molar-refractivity contribution >= 4 is 58.4 Å². The zero-order chi connectivity index (χ0) is 19.5. The number of rotatable bonds is 6. The Hall–Kier alpha value is -1.30. The molecule has 2 aromatic rings. The molecular formula is C18H16Cl4N2O2. The first-order valence-electron chi connectivity index (χ1n) is 7.62. The van der Waals surface area contributed by atoms with E-state index in [0.717, 1.165) is 9.06 Å². The highest BCUT2D eigenvalue weighted by atomic mass is 35.5. The lowest BCUT2D eigenvalue weighted by molar-refractivity contribution is 0.0374. The molecule has 0 aliphatic heterocycles. The monoisotopic (exact) mass is 432 g/mol. The number of carbonyl (C=O) groups is 2. The molecule has 0 bridgehead atoms. The van der Waals surface area contributed by atoms with Gasteiger partial charge in [-0.25, -0.2) is 0 Å². The largest absolute Gasteiger partial charge is 0.294 e. The van der Waals surface area contributed by atoms with Crippen molar-refractivity contribution in [3.05, 3.63) is 69.7 Å². The number of halogens is 4. The quantitative estimate of drug-likeness (QED) is 0.318. The predicted molar refractivity (Wildman–Crippen MR) is 106 cm³/mol.